The molecule has 2 aromatic heterocycles. The highest BCUT2D eigenvalue weighted by atomic mass is 32.1. The molecule has 0 aliphatic heterocycles. The second kappa shape index (κ2) is 8.25. The number of thiophene rings is 2. The van der Waals surface area contributed by atoms with Crippen LogP contribution in [0.1, 0.15) is 4.88 Å². The Morgan fingerprint density at radius 2 is 1.87 bits per heavy atom. The highest BCUT2D eigenvalue weighted by Crippen LogP contribution is 2.07. The van der Waals surface area contributed by atoms with E-state index in [0.717, 1.165) is 6.42 Å². The van der Waals surface area contributed by atoms with Crippen LogP contribution in [-0.4, -0.2) is 11.7 Å². The highest BCUT2D eigenvalue weighted by molar-refractivity contribution is 7.09. The van der Waals surface area contributed by atoms with E-state index in [4.69, 9.17) is 5.11 Å². The summed E-state index contributed by atoms with van der Waals surface area (Å²) < 4.78 is 0. The summed E-state index contributed by atoms with van der Waals surface area (Å²) in [5, 5.41) is 14.4. The minimum atomic E-state index is -0.0363. The smallest absolute Gasteiger partial charge is 0.104 e. The van der Waals surface area contributed by atoms with E-state index in [0.29, 0.717) is 0 Å². The van der Waals surface area contributed by atoms with Gasteiger partial charge in [0.1, 0.15) is 6.61 Å². The molecule has 3 heteroatoms. The Morgan fingerprint density at radius 1 is 1.07 bits per heavy atom. The van der Waals surface area contributed by atoms with Gasteiger partial charge in [-0.05, 0) is 22.2 Å². The van der Waals surface area contributed by atoms with Gasteiger partial charge in [-0.15, -0.1) is 11.3 Å². The van der Waals surface area contributed by atoms with Crippen molar-refractivity contribution in [3.05, 3.63) is 45.3 Å². The lowest BCUT2D eigenvalue weighted by Crippen LogP contribution is -1.75. The Kier molecular flexibility index (Phi) is 6.59. The van der Waals surface area contributed by atoms with E-state index in [2.05, 4.69) is 11.8 Å². The Hall–Kier alpha value is -1.08. The van der Waals surface area contributed by atoms with Gasteiger partial charge in [0, 0.05) is 11.3 Å². The zero-order valence-corrected chi connectivity index (χ0v) is 9.85. The molecule has 2 aromatic rings. The molecule has 0 spiro atoms. The average molecular weight is 236 g/mol. The van der Waals surface area contributed by atoms with Crippen LogP contribution in [0.25, 0.3) is 0 Å². The van der Waals surface area contributed by atoms with Crippen LogP contribution in [0.15, 0.2) is 40.4 Å². The van der Waals surface area contributed by atoms with Gasteiger partial charge in [0.2, 0.25) is 0 Å². The van der Waals surface area contributed by atoms with Crippen molar-refractivity contribution in [1.82, 2.24) is 0 Å². The number of hydrogen-bond donors (Lipinski definition) is 1. The number of aliphatic hydroxyl groups excluding tert-OH is 1. The summed E-state index contributed by atoms with van der Waals surface area (Å²) in [5.41, 5.74) is 0. The van der Waals surface area contributed by atoms with Crippen LogP contribution in [0.5, 0.6) is 0 Å². The van der Waals surface area contributed by atoms with E-state index in [9.17, 15) is 0 Å². The van der Waals surface area contributed by atoms with Gasteiger partial charge in [-0.3, -0.25) is 0 Å². The maximum absolute atomic E-state index is 8.32. The molecule has 78 valence electrons. The van der Waals surface area contributed by atoms with Gasteiger partial charge in [-0.25, -0.2) is 0 Å². The van der Waals surface area contributed by atoms with Crippen LogP contribution >= 0.6 is 22.7 Å². The maximum atomic E-state index is 8.32. The monoisotopic (exact) mass is 236 g/mol. The molecule has 0 saturated carbocycles. The summed E-state index contributed by atoms with van der Waals surface area (Å²) in [4.78, 5) is 1.25. The molecule has 0 fully saturated rings. The van der Waals surface area contributed by atoms with Crippen molar-refractivity contribution < 1.29 is 5.11 Å². The van der Waals surface area contributed by atoms with Crippen LogP contribution in [0, 0.1) is 11.8 Å². The first-order chi connectivity index (χ1) is 7.43. The summed E-state index contributed by atoms with van der Waals surface area (Å²) in [5.74, 6) is 5.45. The van der Waals surface area contributed by atoms with E-state index in [1.807, 2.05) is 40.4 Å². The van der Waals surface area contributed by atoms with Gasteiger partial charge in [0.05, 0.1) is 0 Å². The zero-order valence-electron chi connectivity index (χ0n) is 8.22. The van der Waals surface area contributed by atoms with Crippen LogP contribution in [0.3, 0.4) is 0 Å². The Labute approximate surface area is 98.0 Å². The molecular weight excluding hydrogens is 224 g/mol. The second-order valence-corrected chi connectivity index (χ2v) is 4.41. The van der Waals surface area contributed by atoms with E-state index in [1.165, 1.54) is 4.88 Å². The van der Waals surface area contributed by atoms with Crippen molar-refractivity contribution in [3.63, 3.8) is 0 Å². The molecule has 0 atom stereocenters. The van der Waals surface area contributed by atoms with Gasteiger partial charge in [0.25, 0.3) is 0 Å². The minimum absolute atomic E-state index is 0.0363. The van der Waals surface area contributed by atoms with Crippen LogP contribution in [0.4, 0.5) is 0 Å². The van der Waals surface area contributed by atoms with Gasteiger partial charge >= 0.3 is 0 Å². The first kappa shape index (κ1) is 12.0. The third-order valence-corrected chi connectivity index (χ3v) is 2.98. The molecule has 1 nitrogen and oxygen atoms in total. The SMILES string of the molecule is OCC#CCc1cccs1.c1ccsc1. The summed E-state index contributed by atoms with van der Waals surface area (Å²) >= 11 is 3.40. The first-order valence-electron chi connectivity index (χ1n) is 4.49. The molecule has 2 rings (SSSR count). The molecule has 0 aromatic carbocycles. The van der Waals surface area contributed by atoms with Gasteiger partial charge in [0.15, 0.2) is 0 Å². The first-order valence-corrected chi connectivity index (χ1v) is 6.32. The number of rotatable bonds is 1. The molecule has 0 bridgehead atoms. The molecule has 0 amide bonds. The highest BCUT2D eigenvalue weighted by Gasteiger charge is 1.86. The third kappa shape index (κ3) is 6.08. The molecule has 0 radical (unpaired) electrons. The minimum Gasteiger partial charge on any atom is -0.384 e. The van der Waals surface area contributed by atoms with E-state index < -0.39 is 0 Å². The van der Waals surface area contributed by atoms with Gasteiger partial charge in [-0.1, -0.05) is 30.0 Å². The third-order valence-electron chi connectivity index (χ3n) is 1.47. The van der Waals surface area contributed by atoms with Crippen molar-refractivity contribution in [2.45, 2.75) is 6.42 Å². The van der Waals surface area contributed by atoms with E-state index in [-0.39, 0.29) is 6.61 Å². The van der Waals surface area contributed by atoms with E-state index in [1.54, 1.807) is 22.7 Å². The van der Waals surface area contributed by atoms with Gasteiger partial charge < -0.3 is 5.11 Å². The lowest BCUT2D eigenvalue weighted by molar-refractivity contribution is 0.350. The standard InChI is InChI=1S/C8H8OS.C4H4S/c9-6-2-1-4-8-5-3-7-10-8;1-2-4-5-3-1/h3,5,7,9H,4,6H2;1-4H. The average Bonchev–Trinajstić information content (AvgIpc) is 2.94. The maximum Gasteiger partial charge on any atom is 0.104 e. The van der Waals surface area contributed by atoms with Crippen LogP contribution in [-0.2, 0) is 6.42 Å². The van der Waals surface area contributed by atoms with E-state index >= 15 is 0 Å². The van der Waals surface area contributed by atoms with Crippen molar-refractivity contribution >= 4 is 22.7 Å². The molecule has 15 heavy (non-hydrogen) atoms. The second-order valence-electron chi connectivity index (χ2n) is 2.56. The zero-order chi connectivity index (χ0) is 10.8. The fourth-order valence-corrected chi connectivity index (χ4v) is 1.94. The molecule has 2 heterocycles. The fourth-order valence-electron chi connectivity index (χ4n) is 0.845. The Bertz CT molecular complexity index is 362. The van der Waals surface area contributed by atoms with Crippen molar-refractivity contribution in [1.29, 1.82) is 0 Å². The largest absolute Gasteiger partial charge is 0.384 e. The molecule has 1 N–H and O–H groups in total. The summed E-state index contributed by atoms with van der Waals surface area (Å²) in [6.07, 6.45) is 0.762. The molecule has 0 aliphatic carbocycles. The quantitative estimate of drug-likeness (QED) is 0.755. The Morgan fingerprint density at radius 3 is 2.33 bits per heavy atom. The summed E-state index contributed by atoms with van der Waals surface area (Å²) in [6.45, 7) is -0.0363. The lowest BCUT2D eigenvalue weighted by Gasteiger charge is -1.81. The van der Waals surface area contributed by atoms with Crippen LogP contribution in [0.2, 0.25) is 0 Å². The molecule has 0 unspecified atom stereocenters. The lowest BCUT2D eigenvalue weighted by atomic mass is 10.3. The normalized spacial score (nSPS) is 8.33. The predicted molar refractivity (Wildman–Crippen MR) is 67.2 cm³/mol. The fraction of sp³-hybridized carbons (Fsp3) is 0.167. The molecular formula is C12H12OS2. The predicted octanol–water partition coefficient (Wildman–Crippen LogP) is 3.03. The number of aliphatic hydroxyl groups is 1. The van der Waals surface area contributed by atoms with Crippen molar-refractivity contribution in [2.75, 3.05) is 6.61 Å². The number of hydrogen-bond acceptors (Lipinski definition) is 3. The van der Waals surface area contributed by atoms with Crippen LogP contribution < -0.4 is 0 Å². The Balaban J connectivity index is 0.000000187. The van der Waals surface area contributed by atoms with Gasteiger partial charge in [-0.2, -0.15) is 11.3 Å². The molecule has 0 saturated heterocycles. The summed E-state index contributed by atoms with van der Waals surface area (Å²) in [6, 6.07) is 8.08. The summed E-state index contributed by atoms with van der Waals surface area (Å²) in [7, 11) is 0. The van der Waals surface area contributed by atoms with Crippen molar-refractivity contribution in [3.8, 4) is 11.8 Å². The molecule has 0 aliphatic rings. The topological polar surface area (TPSA) is 20.2 Å². The van der Waals surface area contributed by atoms with Crippen molar-refractivity contribution in [2.24, 2.45) is 0 Å².